The first-order valence-electron chi connectivity index (χ1n) is 6.55. The fourth-order valence-corrected chi connectivity index (χ4v) is 3.06. The van der Waals surface area contributed by atoms with Gasteiger partial charge in [0.15, 0.2) is 0 Å². The first-order valence-corrected chi connectivity index (χ1v) is 9.38. The highest BCUT2D eigenvalue weighted by atomic mass is 32.2. The van der Waals surface area contributed by atoms with Crippen molar-refractivity contribution >= 4 is 28.0 Å². The molecule has 2 aromatic carbocycles. The molecule has 0 spiro atoms. The third kappa shape index (κ3) is 5.36. The van der Waals surface area contributed by atoms with Crippen LogP contribution in [0.15, 0.2) is 63.9 Å². The first kappa shape index (κ1) is 15.8. The average Bonchev–Trinajstić information content (AvgIpc) is 2.53. The predicted molar refractivity (Wildman–Crippen MR) is 89.7 cm³/mol. The molecule has 0 radical (unpaired) electrons. The van der Waals surface area contributed by atoms with Gasteiger partial charge in [-0.15, -0.1) is 11.8 Å². The second-order valence-corrected chi connectivity index (χ2v) is 7.19. The summed E-state index contributed by atoms with van der Waals surface area (Å²) in [6.45, 7) is 0. The van der Waals surface area contributed by atoms with Crippen molar-refractivity contribution in [2.75, 3.05) is 12.0 Å². The van der Waals surface area contributed by atoms with Gasteiger partial charge in [0.05, 0.1) is 5.75 Å². The lowest BCUT2D eigenvalue weighted by molar-refractivity contribution is 0.597. The predicted octanol–water partition coefficient (Wildman–Crippen LogP) is 3.40. The van der Waals surface area contributed by atoms with E-state index in [9.17, 15) is 8.42 Å². The van der Waals surface area contributed by atoms with E-state index < -0.39 is 10.0 Å². The lowest BCUT2D eigenvalue weighted by Gasteiger charge is -2.00. The number of thioether (sulfide) groups is 1. The van der Waals surface area contributed by atoms with Crippen LogP contribution in [0.1, 0.15) is 11.1 Å². The smallest absolute Gasteiger partial charge is 0.205 e. The summed E-state index contributed by atoms with van der Waals surface area (Å²) in [5, 5.41) is 0. The maximum absolute atomic E-state index is 11.9. The van der Waals surface area contributed by atoms with Gasteiger partial charge in [-0.3, -0.25) is 0 Å². The van der Waals surface area contributed by atoms with Crippen molar-refractivity contribution < 1.29 is 8.42 Å². The molecule has 0 aliphatic heterocycles. The van der Waals surface area contributed by atoms with Crippen LogP contribution in [0, 0.1) is 0 Å². The molecule has 0 saturated heterocycles. The summed E-state index contributed by atoms with van der Waals surface area (Å²) in [5.41, 5.74) is 1.79. The van der Waals surface area contributed by atoms with Gasteiger partial charge in [0.25, 0.3) is 10.0 Å². The molecule has 0 unspecified atom stereocenters. The maximum atomic E-state index is 11.9. The van der Waals surface area contributed by atoms with Gasteiger partial charge in [-0.25, -0.2) is 8.42 Å². The van der Waals surface area contributed by atoms with Crippen LogP contribution >= 0.6 is 11.8 Å². The third-order valence-corrected chi connectivity index (χ3v) is 4.86. The van der Waals surface area contributed by atoms with Gasteiger partial charge < -0.3 is 0 Å². The summed E-state index contributed by atoms with van der Waals surface area (Å²) in [6.07, 6.45) is 3.88. The van der Waals surface area contributed by atoms with Crippen LogP contribution in [-0.4, -0.2) is 26.6 Å². The lowest BCUT2D eigenvalue weighted by Crippen LogP contribution is -2.06. The van der Waals surface area contributed by atoms with Gasteiger partial charge in [-0.2, -0.15) is 4.40 Å². The number of aryl methyl sites for hydroxylation is 1. The Morgan fingerprint density at radius 3 is 2.33 bits per heavy atom. The van der Waals surface area contributed by atoms with Crippen LogP contribution < -0.4 is 0 Å². The molecule has 0 aromatic heterocycles. The van der Waals surface area contributed by atoms with Gasteiger partial charge in [0, 0.05) is 11.1 Å². The topological polar surface area (TPSA) is 46.5 Å². The molecule has 0 heterocycles. The van der Waals surface area contributed by atoms with E-state index in [4.69, 9.17) is 0 Å². The zero-order chi connectivity index (χ0) is 15.1. The highest BCUT2D eigenvalue weighted by Crippen LogP contribution is 2.14. The number of hydrogen-bond acceptors (Lipinski definition) is 3. The van der Waals surface area contributed by atoms with E-state index in [0.29, 0.717) is 6.42 Å². The van der Waals surface area contributed by atoms with Crippen LogP contribution in [0.2, 0.25) is 0 Å². The van der Waals surface area contributed by atoms with E-state index in [2.05, 4.69) is 4.40 Å². The van der Waals surface area contributed by atoms with E-state index in [1.54, 1.807) is 11.8 Å². The van der Waals surface area contributed by atoms with E-state index in [1.807, 2.05) is 60.9 Å². The number of nitrogens with zero attached hydrogens (tertiary/aromatic N) is 1. The van der Waals surface area contributed by atoms with Crippen LogP contribution in [0.3, 0.4) is 0 Å². The number of rotatable bonds is 6. The van der Waals surface area contributed by atoms with Crippen molar-refractivity contribution in [3.63, 3.8) is 0 Å². The first-order chi connectivity index (χ1) is 10.1. The van der Waals surface area contributed by atoms with Crippen LogP contribution in [-0.2, 0) is 16.4 Å². The van der Waals surface area contributed by atoms with Crippen LogP contribution in [0.5, 0.6) is 0 Å². The molecule has 2 aromatic rings. The number of sulfonamides is 1. The number of hydrogen-bond donors (Lipinski definition) is 0. The van der Waals surface area contributed by atoms with E-state index in [0.717, 1.165) is 16.0 Å². The van der Waals surface area contributed by atoms with Crippen molar-refractivity contribution in [3.05, 3.63) is 65.7 Å². The van der Waals surface area contributed by atoms with E-state index in [1.165, 1.54) is 6.21 Å². The minimum absolute atomic E-state index is 0.0242. The zero-order valence-electron chi connectivity index (χ0n) is 11.8. The summed E-state index contributed by atoms with van der Waals surface area (Å²) in [6, 6.07) is 17.2. The monoisotopic (exact) mass is 319 g/mol. The summed E-state index contributed by atoms with van der Waals surface area (Å²) >= 11 is 1.64. The molecule has 0 aliphatic carbocycles. The molecule has 0 bridgehead atoms. The maximum Gasteiger partial charge on any atom is 0.253 e. The molecule has 2 rings (SSSR count). The standard InChI is InChI=1S/C16H17NO2S2/c1-20-16-9-7-15(8-10-16)13-17-21(18,19)12-11-14-5-3-2-4-6-14/h2-10,13H,11-12H2,1H3/b17-13+. The second-order valence-electron chi connectivity index (χ2n) is 4.53. The molecular formula is C16H17NO2S2. The van der Waals surface area contributed by atoms with Crippen molar-refractivity contribution in [2.24, 2.45) is 4.40 Å². The molecule has 0 aliphatic rings. The van der Waals surface area contributed by atoms with Crippen molar-refractivity contribution in [1.82, 2.24) is 0 Å². The summed E-state index contributed by atoms with van der Waals surface area (Å²) in [5.74, 6) is 0.0242. The molecule has 0 saturated carbocycles. The van der Waals surface area contributed by atoms with Gasteiger partial charge in [-0.1, -0.05) is 42.5 Å². The molecule has 0 fully saturated rings. The van der Waals surface area contributed by atoms with Crippen LogP contribution in [0.25, 0.3) is 0 Å². The summed E-state index contributed by atoms with van der Waals surface area (Å²) < 4.78 is 27.5. The van der Waals surface area contributed by atoms with Crippen molar-refractivity contribution in [1.29, 1.82) is 0 Å². The molecule has 3 nitrogen and oxygen atoms in total. The van der Waals surface area contributed by atoms with E-state index >= 15 is 0 Å². The Morgan fingerprint density at radius 1 is 1.05 bits per heavy atom. The third-order valence-electron chi connectivity index (χ3n) is 2.97. The fraction of sp³-hybridized carbons (Fsp3) is 0.188. The van der Waals surface area contributed by atoms with Crippen molar-refractivity contribution in [2.45, 2.75) is 11.3 Å². The Labute approximate surface area is 130 Å². The van der Waals surface area contributed by atoms with Crippen molar-refractivity contribution in [3.8, 4) is 0 Å². The molecule has 0 amide bonds. The quantitative estimate of drug-likeness (QED) is 0.605. The molecular weight excluding hydrogens is 302 g/mol. The minimum Gasteiger partial charge on any atom is -0.205 e. The van der Waals surface area contributed by atoms with Gasteiger partial charge in [-0.05, 0) is 35.9 Å². The van der Waals surface area contributed by atoms with Gasteiger partial charge in [0.1, 0.15) is 0 Å². The summed E-state index contributed by atoms with van der Waals surface area (Å²) in [4.78, 5) is 1.14. The number of benzene rings is 2. The molecule has 0 atom stereocenters. The fourth-order valence-electron chi connectivity index (χ4n) is 1.78. The highest BCUT2D eigenvalue weighted by molar-refractivity contribution is 7.98. The molecule has 5 heteroatoms. The minimum atomic E-state index is -3.43. The SMILES string of the molecule is CSc1ccc(/C=N/S(=O)(=O)CCc2ccccc2)cc1. The molecule has 110 valence electrons. The van der Waals surface area contributed by atoms with Crippen LogP contribution in [0.4, 0.5) is 0 Å². The van der Waals surface area contributed by atoms with Gasteiger partial charge in [0.2, 0.25) is 0 Å². The Bertz CT molecular complexity index is 693. The Hall–Kier alpha value is -1.59. The highest BCUT2D eigenvalue weighted by Gasteiger charge is 2.07. The summed E-state index contributed by atoms with van der Waals surface area (Å²) in [7, 11) is -3.43. The normalized spacial score (nSPS) is 11.9. The average molecular weight is 319 g/mol. The molecule has 21 heavy (non-hydrogen) atoms. The zero-order valence-corrected chi connectivity index (χ0v) is 13.4. The largest absolute Gasteiger partial charge is 0.253 e. The van der Waals surface area contributed by atoms with Gasteiger partial charge >= 0.3 is 0 Å². The second kappa shape index (κ2) is 7.43. The lowest BCUT2D eigenvalue weighted by atomic mass is 10.2. The Morgan fingerprint density at radius 2 is 1.71 bits per heavy atom. The Kier molecular flexibility index (Phi) is 5.59. The Balaban J connectivity index is 1.97. The molecule has 0 N–H and O–H groups in total. The van der Waals surface area contributed by atoms with E-state index in [-0.39, 0.29) is 5.75 Å².